The molecule has 1 aromatic heterocycles. The number of nitrogen functional groups attached to an aromatic ring is 1. The van der Waals surface area contributed by atoms with Gasteiger partial charge in [-0.05, 0) is 47.5 Å². The van der Waals surface area contributed by atoms with Crippen LogP contribution in [-0.2, 0) is 0 Å². The minimum absolute atomic E-state index is 0.140. The van der Waals surface area contributed by atoms with Crippen molar-refractivity contribution in [2.75, 3.05) is 24.1 Å². The molecule has 0 aliphatic rings. The van der Waals surface area contributed by atoms with Gasteiger partial charge in [-0.1, -0.05) is 0 Å². The molecule has 0 radical (unpaired) electrons. The highest BCUT2D eigenvalue weighted by Crippen LogP contribution is 2.22. The number of thiophene rings is 1. The zero-order chi connectivity index (χ0) is 15.2. The summed E-state index contributed by atoms with van der Waals surface area (Å²) in [5.41, 5.74) is 8.49. The molecule has 0 saturated heterocycles. The van der Waals surface area contributed by atoms with Crippen LogP contribution < -0.4 is 16.4 Å². The molecule has 5 N–H and O–H groups in total. The first-order valence-corrected chi connectivity index (χ1v) is 7.68. The summed E-state index contributed by atoms with van der Waals surface area (Å²) in [6.45, 7) is 2.77. The molecule has 0 aliphatic heterocycles. The molecule has 2 rings (SSSR count). The van der Waals surface area contributed by atoms with E-state index in [1.165, 1.54) is 11.3 Å². The van der Waals surface area contributed by atoms with Crippen molar-refractivity contribution in [2.45, 2.75) is 13.0 Å². The van der Waals surface area contributed by atoms with Crippen molar-refractivity contribution in [1.29, 1.82) is 0 Å². The van der Waals surface area contributed by atoms with E-state index in [4.69, 9.17) is 5.73 Å². The van der Waals surface area contributed by atoms with Gasteiger partial charge in [-0.3, -0.25) is 4.79 Å². The van der Waals surface area contributed by atoms with Gasteiger partial charge in [-0.25, -0.2) is 0 Å². The van der Waals surface area contributed by atoms with Crippen LogP contribution in [0.15, 0.2) is 35.0 Å². The second-order valence-corrected chi connectivity index (χ2v) is 5.39. The zero-order valence-corrected chi connectivity index (χ0v) is 12.6. The number of hydrogen-bond acceptors (Lipinski definition) is 5. The third-order valence-corrected chi connectivity index (χ3v) is 3.77. The molecule has 1 heterocycles. The fourth-order valence-electron chi connectivity index (χ4n) is 1.90. The molecule has 21 heavy (non-hydrogen) atoms. The third kappa shape index (κ3) is 3.96. The van der Waals surface area contributed by atoms with E-state index in [9.17, 15) is 9.90 Å². The van der Waals surface area contributed by atoms with Crippen LogP contribution >= 0.6 is 11.3 Å². The van der Waals surface area contributed by atoms with E-state index in [0.717, 1.165) is 5.56 Å². The smallest absolute Gasteiger partial charge is 0.251 e. The Morgan fingerprint density at radius 1 is 1.43 bits per heavy atom. The van der Waals surface area contributed by atoms with Crippen molar-refractivity contribution in [1.82, 2.24) is 5.32 Å². The zero-order valence-electron chi connectivity index (χ0n) is 11.8. The van der Waals surface area contributed by atoms with Gasteiger partial charge in [0.25, 0.3) is 5.91 Å². The van der Waals surface area contributed by atoms with Crippen molar-refractivity contribution in [3.8, 4) is 0 Å². The minimum Gasteiger partial charge on any atom is -0.397 e. The average molecular weight is 305 g/mol. The van der Waals surface area contributed by atoms with Crippen LogP contribution in [0.1, 0.15) is 28.9 Å². The summed E-state index contributed by atoms with van der Waals surface area (Å²) in [6.07, 6.45) is -0.608. The fraction of sp³-hybridized carbons (Fsp3) is 0.267. The number of carbonyl (C=O) groups is 1. The van der Waals surface area contributed by atoms with E-state index in [1.807, 2.05) is 23.8 Å². The Morgan fingerprint density at radius 3 is 2.90 bits per heavy atom. The Morgan fingerprint density at radius 2 is 2.24 bits per heavy atom. The van der Waals surface area contributed by atoms with Crippen LogP contribution in [0, 0.1) is 0 Å². The molecular weight excluding hydrogens is 286 g/mol. The predicted molar refractivity (Wildman–Crippen MR) is 86.6 cm³/mol. The Kier molecular flexibility index (Phi) is 5.19. The number of aliphatic hydroxyl groups is 1. The van der Waals surface area contributed by atoms with Gasteiger partial charge in [0.2, 0.25) is 0 Å². The van der Waals surface area contributed by atoms with Crippen molar-refractivity contribution in [2.24, 2.45) is 0 Å². The molecule has 0 fully saturated rings. The number of hydrogen-bond donors (Lipinski definition) is 4. The third-order valence-electron chi connectivity index (χ3n) is 3.07. The monoisotopic (exact) mass is 305 g/mol. The van der Waals surface area contributed by atoms with Gasteiger partial charge in [0, 0.05) is 18.7 Å². The van der Waals surface area contributed by atoms with Gasteiger partial charge in [0.15, 0.2) is 0 Å². The summed E-state index contributed by atoms with van der Waals surface area (Å²) in [4.78, 5) is 11.8. The van der Waals surface area contributed by atoms with Crippen molar-refractivity contribution in [3.63, 3.8) is 0 Å². The van der Waals surface area contributed by atoms with Crippen LogP contribution in [0.4, 0.5) is 11.4 Å². The maximum absolute atomic E-state index is 11.8. The lowest BCUT2D eigenvalue weighted by molar-refractivity contribution is 0.0956. The Hall–Kier alpha value is -2.05. The molecule has 1 amide bonds. The molecule has 2 aromatic rings. The van der Waals surface area contributed by atoms with E-state index in [1.54, 1.807) is 18.2 Å². The topological polar surface area (TPSA) is 87.4 Å². The summed E-state index contributed by atoms with van der Waals surface area (Å²) in [6, 6.07) is 6.94. The predicted octanol–water partition coefficient (Wildman–Crippen LogP) is 2.23. The maximum Gasteiger partial charge on any atom is 0.251 e. The second kappa shape index (κ2) is 7.10. The summed E-state index contributed by atoms with van der Waals surface area (Å²) in [5.74, 6) is -0.140. The summed E-state index contributed by atoms with van der Waals surface area (Å²) in [7, 11) is 0. The van der Waals surface area contributed by atoms with E-state index in [-0.39, 0.29) is 5.91 Å². The van der Waals surface area contributed by atoms with Crippen molar-refractivity contribution < 1.29 is 9.90 Å². The van der Waals surface area contributed by atoms with Crippen LogP contribution in [0.2, 0.25) is 0 Å². The lowest BCUT2D eigenvalue weighted by atomic mass is 10.1. The molecule has 6 heteroatoms. The van der Waals surface area contributed by atoms with Crippen LogP contribution in [-0.4, -0.2) is 24.1 Å². The molecular formula is C15H19N3O2S. The number of nitrogens with two attached hydrogens (primary N) is 1. The molecule has 0 aliphatic carbocycles. The Balaban J connectivity index is 2.05. The molecule has 0 bridgehead atoms. The minimum atomic E-state index is -0.608. The van der Waals surface area contributed by atoms with E-state index in [0.29, 0.717) is 30.0 Å². The number of anilines is 2. The second-order valence-electron chi connectivity index (χ2n) is 4.61. The highest BCUT2D eigenvalue weighted by Gasteiger charge is 2.11. The van der Waals surface area contributed by atoms with Crippen LogP contribution in [0.5, 0.6) is 0 Å². The first-order valence-electron chi connectivity index (χ1n) is 6.73. The van der Waals surface area contributed by atoms with E-state index < -0.39 is 6.10 Å². The Bertz CT molecular complexity index is 599. The number of benzene rings is 1. The van der Waals surface area contributed by atoms with E-state index in [2.05, 4.69) is 10.6 Å². The maximum atomic E-state index is 11.8. The van der Waals surface area contributed by atoms with Crippen molar-refractivity contribution in [3.05, 3.63) is 46.2 Å². The standard InChI is InChI=1S/C15H19N3O2S/c1-2-17-15(20)10-3-4-12(16)13(7-10)18-8-14(19)11-5-6-21-9-11/h3-7,9,14,18-19H,2,8,16H2,1H3,(H,17,20). The fourth-order valence-corrected chi connectivity index (χ4v) is 2.61. The van der Waals surface area contributed by atoms with Gasteiger partial charge >= 0.3 is 0 Å². The molecule has 1 aromatic carbocycles. The molecule has 112 valence electrons. The van der Waals surface area contributed by atoms with Gasteiger partial charge in [0.05, 0.1) is 17.5 Å². The summed E-state index contributed by atoms with van der Waals surface area (Å²) in [5, 5.41) is 19.7. The quantitative estimate of drug-likeness (QED) is 0.616. The largest absolute Gasteiger partial charge is 0.397 e. The van der Waals surface area contributed by atoms with Gasteiger partial charge in [0.1, 0.15) is 0 Å². The average Bonchev–Trinajstić information content (AvgIpc) is 3.00. The highest BCUT2D eigenvalue weighted by molar-refractivity contribution is 7.07. The normalized spacial score (nSPS) is 11.9. The number of rotatable bonds is 6. The van der Waals surface area contributed by atoms with Crippen LogP contribution in [0.25, 0.3) is 0 Å². The molecule has 1 atom stereocenters. The van der Waals surface area contributed by atoms with Gasteiger partial charge in [-0.15, -0.1) is 0 Å². The van der Waals surface area contributed by atoms with Crippen LogP contribution in [0.3, 0.4) is 0 Å². The summed E-state index contributed by atoms with van der Waals surface area (Å²) >= 11 is 1.54. The summed E-state index contributed by atoms with van der Waals surface area (Å²) < 4.78 is 0. The SMILES string of the molecule is CCNC(=O)c1ccc(N)c(NCC(O)c2ccsc2)c1. The Labute approximate surface area is 127 Å². The number of nitrogens with one attached hydrogen (secondary N) is 2. The van der Waals surface area contributed by atoms with E-state index >= 15 is 0 Å². The number of carbonyl (C=O) groups excluding carboxylic acids is 1. The lowest BCUT2D eigenvalue weighted by Gasteiger charge is -2.14. The molecule has 5 nitrogen and oxygen atoms in total. The number of aliphatic hydroxyl groups excluding tert-OH is 1. The molecule has 0 saturated carbocycles. The van der Waals surface area contributed by atoms with Crippen molar-refractivity contribution >= 4 is 28.6 Å². The molecule has 1 unspecified atom stereocenters. The molecule has 0 spiro atoms. The lowest BCUT2D eigenvalue weighted by Crippen LogP contribution is -2.23. The van der Waals surface area contributed by atoms with Gasteiger partial charge < -0.3 is 21.5 Å². The van der Waals surface area contributed by atoms with Gasteiger partial charge in [-0.2, -0.15) is 11.3 Å². The first-order chi connectivity index (χ1) is 10.1. The first kappa shape index (κ1) is 15.3. The highest BCUT2D eigenvalue weighted by atomic mass is 32.1. The number of amides is 1.